The summed E-state index contributed by atoms with van der Waals surface area (Å²) in [5.41, 5.74) is 1.09. The van der Waals surface area contributed by atoms with Gasteiger partial charge in [-0.3, -0.25) is 9.59 Å². The molecular formula is C19H29N3O2. The Balaban J connectivity index is 1.84. The number of hydrogen-bond donors (Lipinski definition) is 1. The zero-order valence-corrected chi connectivity index (χ0v) is 14.8. The van der Waals surface area contributed by atoms with Gasteiger partial charge in [-0.05, 0) is 37.9 Å². The molecule has 5 heteroatoms. The first-order chi connectivity index (χ1) is 11.6. The maximum Gasteiger partial charge on any atom is 0.224 e. The van der Waals surface area contributed by atoms with Crippen LogP contribution in [0.4, 0.5) is 0 Å². The molecule has 0 bridgehead atoms. The standard InChI is InChI=1S/C19H29N3O2/c1-16(23)21(14-17-7-4-3-5-8-17)12-10-19(24)22-11-6-9-18(15-22)13-20-2/h3-5,7-8,18,20H,6,9-15H2,1-2H3. The molecule has 1 aromatic carbocycles. The Morgan fingerprint density at radius 3 is 2.71 bits per heavy atom. The van der Waals surface area contributed by atoms with Crippen LogP contribution in [0.2, 0.25) is 0 Å². The molecule has 5 nitrogen and oxygen atoms in total. The lowest BCUT2D eigenvalue weighted by molar-refractivity contribution is -0.135. The lowest BCUT2D eigenvalue weighted by atomic mass is 9.98. The van der Waals surface area contributed by atoms with E-state index in [1.54, 1.807) is 11.8 Å². The summed E-state index contributed by atoms with van der Waals surface area (Å²) in [6.07, 6.45) is 2.65. The average Bonchev–Trinajstić information content (AvgIpc) is 2.59. The Morgan fingerprint density at radius 1 is 1.29 bits per heavy atom. The number of rotatable bonds is 7. The molecule has 1 heterocycles. The van der Waals surface area contributed by atoms with Gasteiger partial charge in [-0.2, -0.15) is 0 Å². The summed E-state index contributed by atoms with van der Waals surface area (Å²) >= 11 is 0. The monoisotopic (exact) mass is 331 g/mol. The topological polar surface area (TPSA) is 52.7 Å². The average molecular weight is 331 g/mol. The predicted octanol–water partition coefficient (Wildman–Crippen LogP) is 1.88. The molecule has 132 valence electrons. The number of benzene rings is 1. The summed E-state index contributed by atoms with van der Waals surface area (Å²) in [6, 6.07) is 9.90. The first-order valence-corrected chi connectivity index (χ1v) is 8.82. The minimum Gasteiger partial charge on any atom is -0.342 e. The summed E-state index contributed by atoms with van der Waals surface area (Å²) in [7, 11) is 1.95. The number of nitrogens with one attached hydrogen (secondary N) is 1. The molecule has 1 atom stereocenters. The number of hydrogen-bond acceptors (Lipinski definition) is 3. The summed E-state index contributed by atoms with van der Waals surface area (Å²) in [6.45, 7) is 5.24. The quantitative estimate of drug-likeness (QED) is 0.830. The minimum atomic E-state index is 0.0124. The molecule has 2 amide bonds. The third kappa shape index (κ3) is 5.64. The van der Waals surface area contributed by atoms with Crippen molar-refractivity contribution in [2.24, 2.45) is 5.92 Å². The first kappa shape index (κ1) is 18.5. The Kier molecular flexibility index (Phi) is 7.25. The molecule has 0 saturated carbocycles. The van der Waals surface area contributed by atoms with E-state index in [-0.39, 0.29) is 11.8 Å². The molecule has 1 unspecified atom stereocenters. The number of carbonyl (C=O) groups is 2. The lowest BCUT2D eigenvalue weighted by Gasteiger charge is -2.33. The Hall–Kier alpha value is -1.88. The fourth-order valence-corrected chi connectivity index (χ4v) is 3.29. The predicted molar refractivity (Wildman–Crippen MR) is 95.4 cm³/mol. The van der Waals surface area contributed by atoms with Crippen molar-refractivity contribution in [2.45, 2.75) is 32.7 Å². The second-order valence-corrected chi connectivity index (χ2v) is 6.58. The van der Waals surface area contributed by atoms with Crippen LogP contribution in [-0.2, 0) is 16.1 Å². The van der Waals surface area contributed by atoms with E-state index >= 15 is 0 Å². The molecule has 0 aliphatic carbocycles. The highest BCUT2D eigenvalue weighted by Gasteiger charge is 2.23. The Bertz CT molecular complexity index is 531. The largest absolute Gasteiger partial charge is 0.342 e. The van der Waals surface area contributed by atoms with Gasteiger partial charge in [-0.15, -0.1) is 0 Å². The third-order valence-corrected chi connectivity index (χ3v) is 4.62. The van der Waals surface area contributed by atoms with E-state index in [1.165, 1.54) is 6.42 Å². The molecular weight excluding hydrogens is 302 g/mol. The van der Waals surface area contributed by atoms with Gasteiger partial charge in [0.25, 0.3) is 0 Å². The van der Waals surface area contributed by atoms with E-state index in [4.69, 9.17) is 0 Å². The van der Waals surface area contributed by atoms with Crippen molar-refractivity contribution in [1.29, 1.82) is 0 Å². The van der Waals surface area contributed by atoms with Crippen LogP contribution in [0, 0.1) is 5.92 Å². The summed E-state index contributed by atoms with van der Waals surface area (Å²) in [4.78, 5) is 28.1. The molecule has 24 heavy (non-hydrogen) atoms. The zero-order valence-electron chi connectivity index (χ0n) is 14.8. The summed E-state index contributed by atoms with van der Waals surface area (Å²) in [5, 5.41) is 3.20. The molecule has 1 N–H and O–H groups in total. The van der Waals surface area contributed by atoms with Gasteiger partial charge < -0.3 is 15.1 Å². The normalized spacial score (nSPS) is 17.6. The maximum atomic E-state index is 12.5. The molecule has 0 spiro atoms. The van der Waals surface area contributed by atoms with Gasteiger partial charge in [-0.25, -0.2) is 0 Å². The van der Waals surface area contributed by atoms with Crippen LogP contribution in [0.1, 0.15) is 31.7 Å². The van der Waals surface area contributed by atoms with Crippen LogP contribution in [0.5, 0.6) is 0 Å². The molecule has 0 aromatic heterocycles. The Morgan fingerprint density at radius 2 is 2.04 bits per heavy atom. The Labute approximate surface area is 145 Å². The highest BCUT2D eigenvalue weighted by atomic mass is 16.2. The third-order valence-electron chi connectivity index (χ3n) is 4.62. The first-order valence-electron chi connectivity index (χ1n) is 8.82. The van der Waals surface area contributed by atoms with E-state index in [9.17, 15) is 9.59 Å². The van der Waals surface area contributed by atoms with Crippen molar-refractivity contribution >= 4 is 11.8 Å². The molecule has 1 saturated heterocycles. The van der Waals surface area contributed by atoms with Gasteiger partial charge in [-0.1, -0.05) is 30.3 Å². The number of amides is 2. The summed E-state index contributed by atoms with van der Waals surface area (Å²) in [5.74, 6) is 0.717. The number of piperidine rings is 1. The molecule has 2 rings (SSSR count). The lowest BCUT2D eigenvalue weighted by Crippen LogP contribution is -2.43. The van der Waals surface area contributed by atoms with Crippen LogP contribution >= 0.6 is 0 Å². The van der Waals surface area contributed by atoms with E-state index in [2.05, 4.69) is 5.32 Å². The zero-order chi connectivity index (χ0) is 17.4. The van der Waals surface area contributed by atoms with Crippen LogP contribution in [-0.4, -0.2) is 54.8 Å². The second kappa shape index (κ2) is 9.42. The van der Waals surface area contributed by atoms with Crippen molar-refractivity contribution < 1.29 is 9.59 Å². The molecule has 1 fully saturated rings. The van der Waals surface area contributed by atoms with Gasteiger partial charge in [0, 0.05) is 39.5 Å². The van der Waals surface area contributed by atoms with Crippen molar-refractivity contribution in [2.75, 3.05) is 33.2 Å². The van der Waals surface area contributed by atoms with Gasteiger partial charge in [0.05, 0.1) is 0 Å². The van der Waals surface area contributed by atoms with Crippen molar-refractivity contribution in [3.63, 3.8) is 0 Å². The van der Waals surface area contributed by atoms with Crippen molar-refractivity contribution in [3.05, 3.63) is 35.9 Å². The maximum absolute atomic E-state index is 12.5. The van der Waals surface area contributed by atoms with Gasteiger partial charge in [0.2, 0.25) is 11.8 Å². The number of likely N-dealkylation sites (tertiary alicyclic amines) is 1. The van der Waals surface area contributed by atoms with Crippen LogP contribution < -0.4 is 5.32 Å². The number of nitrogens with zero attached hydrogens (tertiary/aromatic N) is 2. The van der Waals surface area contributed by atoms with Crippen LogP contribution in [0.15, 0.2) is 30.3 Å². The molecule has 1 aromatic rings. The van der Waals surface area contributed by atoms with E-state index in [0.29, 0.717) is 25.4 Å². The fourth-order valence-electron chi connectivity index (χ4n) is 3.29. The van der Waals surface area contributed by atoms with Gasteiger partial charge in [0.1, 0.15) is 0 Å². The fraction of sp³-hybridized carbons (Fsp3) is 0.579. The SMILES string of the molecule is CNCC1CCCN(C(=O)CCN(Cc2ccccc2)C(C)=O)C1. The van der Waals surface area contributed by atoms with Gasteiger partial charge in [0.15, 0.2) is 0 Å². The summed E-state index contributed by atoms with van der Waals surface area (Å²) < 4.78 is 0. The van der Waals surface area contributed by atoms with Crippen LogP contribution in [0.25, 0.3) is 0 Å². The van der Waals surface area contributed by atoms with E-state index in [1.807, 2.05) is 42.3 Å². The molecule has 1 aliphatic heterocycles. The van der Waals surface area contributed by atoms with Crippen molar-refractivity contribution in [1.82, 2.24) is 15.1 Å². The minimum absolute atomic E-state index is 0.0124. The van der Waals surface area contributed by atoms with E-state index in [0.717, 1.165) is 31.6 Å². The second-order valence-electron chi connectivity index (χ2n) is 6.58. The highest BCUT2D eigenvalue weighted by Crippen LogP contribution is 2.17. The highest BCUT2D eigenvalue weighted by molar-refractivity contribution is 5.78. The molecule has 0 radical (unpaired) electrons. The van der Waals surface area contributed by atoms with Crippen LogP contribution in [0.3, 0.4) is 0 Å². The smallest absolute Gasteiger partial charge is 0.224 e. The molecule has 1 aliphatic rings. The number of carbonyl (C=O) groups excluding carboxylic acids is 2. The van der Waals surface area contributed by atoms with Crippen molar-refractivity contribution in [3.8, 4) is 0 Å². The van der Waals surface area contributed by atoms with Gasteiger partial charge >= 0.3 is 0 Å². The van der Waals surface area contributed by atoms with E-state index < -0.39 is 0 Å².